The van der Waals surface area contributed by atoms with Gasteiger partial charge in [-0.3, -0.25) is 9.78 Å². The van der Waals surface area contributed by atoms with Crippen molar-refractivity contribution in [1.29, 1.82) is 0 Å². The maximum absolute atomic E-state index is 13.0. The zero-order valence-electron chi connectivity index (χ0n) is 16.0. The summed E-state index contributed by atoms with van der Waals surface area (Å²) >= 11 is 6.05. The SMILES string of the molecule is O=C(N=Nc1c(O)[nH]c2ccc(Cl)cc12)c1cc(-c2ccncc2)nc2ccccc12. The maximum Gasteiger partial charge on any atom is 0.296 e. The number of amides is 1. The van der Waals surface area contributed by atoms with Gasteiger partial charge < -0.3 is 10.1 Å². The second-order valence-corrected chi connectivity index (χ2v) is 7.26. The van der Waals surface area contributed by atoms with Gasteiger partial charge in [0.15, 0.2) is 5.69 Å². The first-order valence-corrected chi connectivity index (χ1v) is 9.74. The number of para-hydroxylation sites is 1. The average molecular weight is 428 g/mol. The molecule has 1 amide bonds. The molecule has 2 aromatic carbocycles. The van der Waals surface area contributed by atoms with Crippen LogP contribution >= 0.6 is 11.6 Å². The van der Waals surface area contributed by atoms with E-state index in [2.05, 4.69) is 25.2 Å². The fourth-order valence-corrected chi connectivity index (χ4v) is 3.58. The zero-order chi connectivity index (χ0) is 21.4. The summed E-state index contributed by atoms with van der Waals surface area (Å²) in [4.78, 5) is 24.5. The van der Waals surface area contributed by atoms with Gasteiger partial charge in [0.25, 0.3) is 5.91 Å². The average Bonchev–Trinajstić information content (AvgIpc) is 3.11. The van der Waals surface area contributed by atoms with Crippen LogP contribution in [0.3, 0.4) is 0 Å². The number of benzene rings is 2. The third-order valence-electron chi connectivity index (χ3n) is 4.88. The number of hydrogen-bond acceptors (Lipinski definition) is 5. The normalized spacial score (nSPS) is 11.5. The summed E-state index contributed by atoms with van der Waals surface area (Å²) in [7, 11) is 0. The number of azo groups is 1. The molecule has 3 aromatic heterocycles. The number of H-pyrrole nitrogens is 1. The lowest BCUT2D eigenvalue weighted by atomic mass is 10.0. The van der Waals surface area contributed by atoms with Gasteiger partial charge in [-0.1, -0.05) is 29.8 Å². The summed E-state index contributed by atoms with van der Waals surface area (Å²) in [6.45, 7) is 0. The Bertz CT molecular complexity index is 1480. The van der Waals surface area contributed by atoms with E-state index in [-0.39, 0.29) is 11.6 Å². The van der Waals surface area contributed by atoms with Gasteiger partial charge in [-0.05, 0) is 42.5 Å². The molecule has 0 saturated carbocycles. The minimum atomic E-state index is -0.551. The Hall–Kier alpha value is -4.10. The number of fused-ring (bicyclic) bond motifs is 2. The molecule has 0 bridgehead atoms. The van der Waals surface area contributed by atoms with Gasteiger partial charge in [0.2, 0.25) is 5.88 Å². The minimum Gasteiger partial charge on any atom is -0.493 e. The van der Waals surface area contributed by atoms with Crippen LogP contribution in [0.25, 0.3) is 33.1 Å². The number of hydrogen-bond donors (Lipinski definition) is 2. The van der Waals surface area contributed by atoms with E-state index < -0.39 is 5.91 Å². The van der Waals surface area contributed by atoms with E-state index in [1.807, 2.05) is 36.4 Å². The van der Waals surface area contributed by atoms with E-state index in [9.17, 15) is 9.90 Å². The molecule has 5 aromatic rings. The van der Waals surface area contributed by atoms with Crippen molar-refractivity contribution >= 4 is 45.0 Å². The molecule has 8 heteroatoms. The molecule has 2 N–H and O–H groups in total. The fraction of sp³-hybridized carbons (Fsp3) is 0. The summed E-state index contributed by atoms with van der Waals surface area (Å²) in [6, 6.07) is 17.7. The first kappa shape index (κ1) is 18.9. The van der Waals surface area contributed by atoms with E-state index >= 15 is 0 Å². The van der Waals surface area contributed by atoms with Crippen molar-refractivity contribution in [3.8, 4) is 17.1 Å². The van der Waals surface area contributed by atoms with E-state index in [0.29, 0.717) is 38.1 Å². The number of rotatable bonds is 3. The Balaban J connectivity index is 1.60. The molecule has 0 saturated heterocycles. The maximum atomic E-state index is 13.0. The number of aromatic nitrogens is 3. The van der Waals surface area contributed by atoms with Crippen LogP contribution in [0.2, 0.25) is 5.02 Å². The number of carbonyl (C=O) groups excluding carboxylic acids is 1. The number of halogens is 1. The van der Waals surface area contributed by atoms with Crippen molar-refractivity contribution < 1.29 is 9.90 Å². The van der Waals surface area contributed by atoms with Crippen molar-refractivity contribution in [3.63, 3.8) is 0 Å². The lowest BCUT2D eigenvalue weighted by Gasteiger charge is -2.07. The number of aromatic amines is 1. The van der Waals surface area contributed by atoms with Crippen LogP contribution in [0.5, 0.6) is 5.88 Å². The Morgan fingerprint density at radius 1 is 1.00 bits per heavy atom. The molecule has 3 heterocycles. The molecule has 0 aliphatic carbocycles. The monoisotopic (exact) mass is 427 g/mol. The molecule has 5 rings (SSSR count). The van der Waals surface area contributed by atoms with Gasteiger partial charge in [0.1, 0.15) is 0 Å². The van der Waals surface area contributed by atoms with Crippen LogP contribution in [0.4, 0.5) is 5.69 Å². The molecule has 0 fully saturated rings. The fourth-order valence-electron chi connectivity index (χ4n) is 3.41. The van der Waals surface area contributed by atoms with Crippen molar-refractivity contribution in [3.05, 3.63) is 83.6 Å². The summed E-state index contributed by atoms with van der Waals surface area (Å²) in [5.74, 6) is -0.740. The van der Waals surface area contributed by atoms with Crippen LogP contribution in [-0.2, 0) is 0 Å². The predicted molar refractivity (Wildman–Crippen MR) is 119 cm³/mol. The molecule has 0 unspecified atom stereocenters. The van der Waals surface area contributed by atoms with Gasteiger partial charge in [-0.15, -0.1) is 10.2 Å². The molecule has 7 nitrogen and oxygen atoms in total. The third kappa shape index (κ3) is 3.51. The number of carbonyl (C=O) groups is 1. The molecule has 0 aliphatic heterocycles. The Morgan fingerprint density at radius 2 is 1.81 bits per heavy atom. The Morgan fingerprint density at radius 3 is 2.65 bits per heavy atom. The highest BCUT2D eigenvalue weighted by Crippen LogP contribution is 2.37. The standard InChI is InChI=1S/C23H14ClN5O2/c24-14-5-6-19-17(11-14)21(23(31)27-19)28-29-22(30)16-12-20(13-7-9-25-10-8-13)26-18-4-2-1-3-15(16)18/h1-12,27,31H. The van der Waals surface area contributed by atoms with E-state index in [1.165, 1.54) is 0 Å². The van der Waals surface area contributed by atoms with E-state index in [1.54, 1.807) is 36.7 Å². The number of aromatic hydroxyl groups is 1. The third-order valence-corrected chi connectivity index (χ3v) is 5.11. The van der Waals surface area contributed by atoms with Crippen LogP contribution in [0.15, 0.2) is 83.3 Å². The molecule has 0 atom stereocenters. The van der Waals surface area contributed by atoms with E-state index in [0.717, 1.165) is 5.56 Å². The molecule has 31 heavy (non-hydrogen) atoms. The zero-order valence-corrected chi connectivity index (χ0v) is 16.7. The van der Waals surface area contributed by atoms with Gasteiger partial charge in [-0.2, -0.15) is 0 Å². The van der Waals surface area contributed by atoms with Crippen molar-refractivity contribution in [2.24, 2.45) is 10.2 Å². The number of pyridine rings is 2. The summed E-state index contributed by atoms with van der Waals surface area (Å²) < 4.78 is 0. The Kier molecular flexibility index (Phi) is 4.65. The number of nitrogens with zero attached hydrogens (tertiary/aromatic N) is 4. The minimum absolute atomic E-state index is 0.151. The second-order valence-electron chi connectivity index (χ2n) is 6.83. The Labute approximate surface area is 181 Å². The van der Waals surface area contributed by atoms with Crippen molar-refractivity contribution in [1.82, 2.24) is 15.0 Å². The highest BCUT2D eigenvalue weighted by atomic mass is 35.5. The molecule has 0 aliphatic rings. The van der Waals surface area contributed by atoms with Gasteiger partial charge >= 0.3 is 0 Å². The van der Waals surface area contributed by atoms with Gasteiger partial charge in [0, 0.05) is 33.8 Å². The van der Waals surface area contributed by atoms with Crippen molar-refractivity contribution in [2.45, 2.75) is 0 Å². The summed E-state index contributed by atoms with van der Waals surface area (Å²) in [6.07, 6.45) is 3.33. The first-order valence-electron chi connectivity index (χ1n) is 9.36. The van der Waals surface area contributed by atoms with Crippen LogP contribution < -0.4 is 0 Å². The predicted octanol–water partition coefficient (Wildman–Crippen LogP) is 6.06. The van der Waals surface area contributed by atoms with Crippen LogP contribution in [0.1, 0.15) is 10.4 Å². The second kappa shape index (κ2) is 7.62. The van der Waals surface area contributed by atoms with Crippen LogP contribution in [-0.4, -0.2) is 26.0 Å². The number of nitrogens with one attached hydrogen (secondary N) is 1. The topological polar surface area (TPSA) is 104 Å². The van der Waals surface area contributed by atoms with Gasteiger partial charge in [0.05, 0.1) is 22.3 Å². The quantitative estimate of drug-likeness (QED) is 0.341. The largest absolute Gasteiger partial charge is 0.493 e. The summed E-state index contributed by atoms with van der Waals surface area (Å²) in [5.41, 5.74) is 3.27. The first-order chi connectivity index (χ1) is 15.1. The highest BCUT2D eigenvalue weighted by Gasteiger charge is 2.15. The van der Waals surface area contributed by atoms with Gasteiger partial charge in [-0.25, -0.2) is 4.98 Å². The summed E-state index contributed by atoms with van der Waals surface area (Å²) in [5, 5.41) is 19.8. The van der Waals surface area contributed by atoms with E-state index in [4.69, 9.17) is 11.6 Å². The molecule has 150 valence electrons. The molecule has 0 spiro atoms. The molecule has 0 radical (unpaired) electrons. The smallest absolute Gasteiger partial charge is 0.296 e. The highest BCUT2D eigenvalue weighted by molar-refractivity contribution is 6.31. The lowest BCUT2D eigenvalue weighted by molar-refractivity contribution is 0.0996. The molecular formula is C23H14ClN5O2. The molecular weight excluding hydrogens is 414 g/mol. The lowest BCUT2D eigenvalue weighted by Crippen LogP contribution is -1.99. The van der Waals surface area contributed by atoms with Crippen molar-refractivity contribution in [2.75, 3.05) is 0 Å². The van der Waals surface area contributed by atoms with Crippen LogP contribution in [0, 0.1) is 0 Å².